The zero-order chi connectivity index (χ0) is 19.9. The highest BCUT2D eigenvalue weighted by atomic mass is 35.5. The first-order valence-corrected chi connectivity index (χ1v) is 8.47. The zero-order valence-electron chi connectivity index (χ0n) is 13.1. The van der Waals surface area contributed by atoms with E-state index in [1.54, 1.807) is 0 Å². The van der Waals surface area contributed by atoms with Crippen molar-refractivity contribution in [3.63, 3.8) is 0 Å². The van der Waals surface area contributed by atoms with Crippen molar-refractivity contribution in [3.8, 4) is 17.4 Å². The number of hydrogen-bond acceptors (Lipinski definition) is 4. The van der Waals surface area contributed by atoms with E-state index in [1.165, 1.54) is 18.3 Å². The fourth-order valence-electron chi connectivity index (χ4n) is 2.58. The van der Waals surface area contributed by atoms with E-state index >= 15 is 0 Å². The van der Waals surface area contributed by atoms with Crippen molar-refractivity contribution in [3.05, 3.63) is 45.0 Å². The van der Waals surface area contributed by atoms with Gasteiger partial charge in [0.25, 0.3) is 0 Å². The molecule has 1 aromatic carbocycles. The smallest absolute Gasteiger partial charge is 0.426 e. The predicted molar refractivity (Wildman–Crippen MR) is 91.1 cm³/mol. The summed E-state index contributed by atoms with van der Waals surface area (Å²) in [6.45, 7) is 0. The Labute approximate surface area is 165 Å². The average Bonchev–Trinajstić information content (AvgIpc) is 2.57. The third kappa shape index (κ3) is 4.02. The Morgan fingerprint density at radius 2 is 1.96 bits per heavy atom. The summed E-state index contributed by atoms with van der Waals surface area (Å²) in [5.74, 6) is -3.76. The number of ether oxygens (including phenoxy) is 2. The fraction of sp³-hybridized carbons (Fsp3) is 0.250. The van der Waals surface area contributed by atoms with Gasteiger partial charge in [-0.05, 0) is 24.1 Å². The lowest BCUT2D eigenvalue weighted by atomic mass is 9.90. The van der Waals surface area contributed by atoms with Gasteiger partial charge < -0.3 is 14.6 Å². The van der Waals surface area contributed by atoms with Gasteiger partial charge in [-0.25, -0.2) is 4.98 Å². The van der Waals surface area contributed by atoms with Crippen LogP contribution in [0.25, 0.3) is 0 Å². The highest BCUT2D eigenvalue weighted by Crippen LogP contribution is 2.44. The molecule has 2 atom stereocenters. The van der Waals surface area contributed by atoms with E-state index in [4.69, 9.17) is 49.4 Å². The number of aliphatic carboxylic acids is 1. The molecule has 2 unspecified atom stereocenters. The van der Waals surface area contributed by atoms with Crippen molar-refractivity contribution in [2.24, 2.45) is 5.92 Å². The lowest BCUT2D eigenvalue weighted by Gasteiger charge is -2.32. The topological polar surface area (TPSA) is 68.7 Å². The van der Waals surface area contributed by atoms with Gasteiger partial charge in [0.2, 0.25) is 12.0 Å². The molecule has 27 heavy (non-hydrogen) atoms. The van der Waals surface area contributed by atoms with E-state index in [-0.39, 0.29) is 38.0 Å². The van der Waals surface area contributed by atoms with E-state index in [0.29, 0.717) is 0 Å². The number of benzene rings is 1. The summed E-state index contributed by atoms with van der Waals surface area (Å²) in [7, 11) is 0. The minimum Gasteiger partial charge on any atom is -0.481 e. The molecule has 0 bridgehead atoms. The molecule has 1 N–H and O–H groups in total. The molecule has 0 radical (unpaired) electrons. The van der Waals surface area contributed by atoms with Crippen molar-refractivity contribution in [1.82, 2.24) is 4.98 Å². The van der Waals surface area contributed by atoms with Crippen LogP contribution in [0.1, 0.15) is 5.56 Å². The summed E-state index contributed by atoms with van der Waals surface area (Å²) >= 11 is 17.9. The lowest BCUT2D eigenvalue weighted by molar-refractivity contribution is -0.217. The number of rotatable bonds is 3. The number of halogens is 6. The molecule has 3 rings (SSSR count). The van der Waals surface area contributed by atoms with Crippen LogP contribution in [0, 0.1) is 5.92 Å². The maximum Gasteiger partial charge on any atom is 0.426 e. The number of carboxylic acid groups (broad SMARTS) is 1. The minimum absolute atomic E-state index is 0.00650. The lowest BCUT2D eigenvalue weighted by Crippen LogP contribution is -2.47. The summed E-state index contributed by atoms with van der Waals surface area (Å²) in [5, 5.41) is 9.27. The first kappa shape index (κ1) is 19.9. The monoisotopic (exact) mass is 441 g/mol. The average molecular weight is 443 g/mol. The molecule has 0 spiro atoms. The highest BCUT2D eigenvalue weighted by molar-refractivity contribution is 6.42. The van der Waals surface area contributed by atoms with Crippen molar-refractivity contribution < 1.29 is 32.5 Å². The van der Waals surface area contributed by atoms with Crippen molar-refractivity contribution >= 4 is 40.8 Å². The van der Waals surface area contributed by atoms with Gasteiger partial charge >= 0.3 is 12.1 Å². The SMILES string of the molecule is O=C(O)C1Cc2cc(Cl)c(Oc3nccc(Cl)c3Cl)cc2OC1C(F)(F)F. The Balaban J connectivity index is 1.98. The van der Waals surface area contributed by atoms with Gasteiger partial charge in [-0.15, -0.1) is 0 Å². The standard InChI is InChI=1S/C16H9Cl3F3NO4/c17-8-1-2-23-14(12(8)19)27-11-5-10-6(4-9(11)18)3-7(15(24)25)13(26-10)16(20,21)22/h1-2,4-5,7,13H,3H2,(H,24,25). The zero-order valence-corrected chi connectivity index (χ0v) is 15.3. The van der Waals surface area contributed by atoms with E-state index in [9.17, 15) is 18.0 Å². The Morgan fingerprint density at radius 1 is 1.26 bits per heavy atom. The molecule has 5 nitrogen and oxygen atoms in total. The number of aromatic nitrogens is 1. The van der Waals surface area contributed by atoms with E-state index < -0.39 is 30.6 Å². The van der Waals surface area contributed by atoms with Crippen LogP contribution >= 0.6 is 34.8 Å². The Morgan fingerprint density at radius 3 is 2.59 bits per heavy atom. The number of hydrogen-bond donors (Lipinski definition) is 1. The summed E-state index contributed by atoms with van der Waals surface area (Å²) in [6, 6.07) is 3.84. The molecule has 1 aliphatic heterocycles. The summed E-state index contributed by atoms with van der Waals surface area (Å²) in [5.41, 5.74) is 0.213. The molecule has 1 aromatic heterocycles. The Bertz CT molecular complexity index is 907. The molecular formula is C16H9Cl3F3NO4. The summed E-state index contributed by atoms with van der Waals surface area (Å²) < 4.78 is 49.9. The first-order valence-electron chi connectivity index (χ1n) is 7.34. The largest absolute Gasteiger partial charge is 0.481 e. The molecule has 0 aliphatic carbocycles. The van der Waals surface area contributed by atoms with Gasteiger partial charge in [0.05, 0.1) is 10.0 Å². The molecule has 0 saturated heterocycles. The van der Waals surface area contributed by atoms with Crippen LogP contribution in [0.2, 0.25) is 15.1 Å². The van der Waals surface area contributed by atoms with Crippen LogP contribution in [-0.4, -0.2) is 28.3 Å². The highest BCUT2D eigenvalue weighted by Gasteiger charge is 2.52. The van der Waals surface area contributed by atoms with Gasteiger partial charge in [0.15, 0.2) is 5.75 Å². The van der Waals surface area contributed by atoms with Crippen molar-refractivity contribution in [2.75, 3.05) is 0 Å². The van der Waals surface area contributed by atoms with Crippen LogP contribution in [0.4, 0.5) is 13.2 Å². The molecule has 0 fully saturated rings. The molecule has 2 aromatic rings. The maximum atomic E-state index is 13.2. The molecule has 144 valence electrons. The molecular weight excluding hydrogens is 434 g/mol. The fourth-order valence-corrected chi connectivity index (χ4v) is 3.09. The van der Waals surface area contributed by atoms with Gasteiger partial charge in [-0.3, -0.25) is 4.79 Å². The first-order chi connectivity index (χ1) is 12.6. The number of fused-ring (bicyclic) bond motifs is 1. The maximum absolute atomic E-state index is 13.2. The molecule has 0 saturated carbocycles. The van der Waals surface area contributed by atoms with Gasteiger partial charge in [-0.2, -0.15) is 13.2 Å². The number of pyridine rings is 1. The second-order valence-corrected chi connectivity index (χ2v) is 6.83. The van der Waals surface area contributed by atoms with E-state index in [0.717, 1.165) is 6.07 Å². The molecule has 0 amide bonds. The predicted octanol–water partition coefficient (Wildman–Crippen LogP) is 5.40. The molecule has 2 heterocycles. The number of carbonyl (C=O) groups is 1. The van der Waals surface area contributed by atoms with Gasteiger partial charge in [0, 0.05) is 12.3 Å². The van der Waals surface area contributed by atoms with Crippen molar-refractivity contribution in [1.29, 1.82) is 0 Å². The second-order valence-electron chi connectivity index (χ2n) is 5.63. The van der Waals surface area contributed by atoms with Crippen LogP contribution in [0.3, 0.4) is 0 Å². The number of alkyl halides is 3. The van der Waals surface area contributed by atoms with Crippen molar-refractivity contribution in [2.45, 2.75) is 18.7 Å². The molecule has 1 aliphatic rings. The number of nitrogens with zero attached hydrogens (tertiary/aromatic N) is 1. The third-order valence-electron chi connectivity index (χ3n) is 3.83. The third-order valence-corrected chi connectivity index (χ3v) is 4.90. The summed E-state index contributed by atoms with van der Waals surface area (Å²) in [6.07, 6.45) is -6.43. The Hall–Kier alpha value is -1.90. The van der Waals surface area contributed by atoms with Crippen LogP contribution in [-0.2, 0) is 11.2 Å². The van der Waals surface area contributed by atoms with Crippen LogP contribution < -0.4 is 9.47 Å². The van der Waals surface area contributed by atoms with Crippen LogP contribution in [0.5, 0.6) is 17.4 Å². The quantitative estimate of drug-likeness (QED) is 0.689. The van der Waals surface area contributed by atoms with Crippen LogP contribution in [0.15, 0.2) is 24.4 Å². The minimum atomic E-state index is -4.86. The normalized spacial score (nSPS) is 19.2. The van der Waals surface area contributed by atoms with E-state index in [1.807, 2.05) is 0 Å². The summed E-state index contributed by atoms with van der Waals surface area (Å²) in [4.78, 5) is 15.1. The number of carboxylic acids is 1. The van der Waals surface area contributed by atoms with Gasteiger partial charge in [-0.1, -0.05) is 34.8 Å². The van der Waals surface area contributed by atoms with Gasteiger partial charge in [0.1, 0.15) is 16.7 Å². The second kappa shape index (κ2) is 7.26. The Kier molecular flexibility index (Phi) is 5.33. The molecule has 11 heteroatoms. The van der Waals surface area contributed by atoms with E-state index in [2.05, 4.69) is 4.98 Å².